The number of benzene rings is 1. The number of rotatable bonds is 7. The number of nitrogens with one attached hydrogen (secondary N) is 1. The van der Waals surface area contributed by atoms with E-state index in [-0.39, 0.29) is 11.8 Å². The Labute approximate surface area is 157 Å². The minimum Gasteiger partial charge on any atom is -0.337 e. The largest absolute Gasteiger partial charge is 0.337 e. The summed E-state index contributed by atoms with van der Waals surface area (Å²) in [5.41, 5.74) is 0.769. The van der Waals surface area contributed by atoms with Gasteiger partial charge in [-0.15, -0.1) is 0 Å². The fourth-order valence-corrected chi connectivity index (χ4v) is 2.85. The molecule has 0 fully saturated rings. The summed E-state index contributed by atoms with van der Waals surface area (Å²) in [6.45, 7) is 1.39. The molecule has 1 aromatic carbocycles. The first kappa shape index (κ1) is 18.6. The highest BCUT2D eigenvalue weighted by Gasteiger charge is 2.22. The summed E-state index contributed by atoms with van der Waals surface area (Å²) in [4.78, 5) is 22.7. The zero-order chi connectivity index (χ0) is 19.2. The van der Waals surface area contributed by atoms with Crippen LogP contribution in [0.3, 0.4) is 0 Å². The highest BCUT2D eigenvalue weighted by atomic mass is 19.1. The molecular formula is C19H23FN6O. The Bertz CT molecular complexity index is 859. The fourth-order valence-electron chi connectivity index (χ4n) is 2.85. The van der Waals surface area contributed by atoms with E-state index in [1.807, 2.05) is 28.6 Å². The zero-order valence-corrected chi connectivity index (χ0v) is 15.4. The van der Waals surface area contributed by atoms with E-state index in [4.69, 9.17) is 0 Å². The van der Waals surface area contributed by atoms with Crippen molar-refractivity contribution in [2.75, 3.05) is 13.6 Å². The van der Waals surface area contributed by atoms with Crippen molar-refractivity contribution in [1.82, 2.24) is 29.3 Å². The molecule has 0 saturated heterocycles. The Hall–Kier alpha value is -3.16. The van der Waals surface area contributed by atoms with E-state index in [0.717, 1.165) is 18.5 Å². The molecule has 0 saturated carbocycles. The van der Waals surface area contributed by atoms with Crippen LogP contribution in [0.5, 0.6) is 0 Å². The Balaban J connectivity index is 1.66. The first-order chi connectivity index (χ1) is 13.0. The average molecular weight is 370 g/mol. The molecule has 2 aromatic heterocycles. The van der Waals surface area contributed by atoms with Gasteiger partial charge in [0.15, 0.2) is 0 Å². The third kappa shape index (κ3) is 4.72. The molecule has 8 heteroatoms. The molecule has 0 aliphatic rings. The number of nitrogens with zero attached hydrogens (tertiary/aromatic N) is 5. The number of imidazole rings is 2. The summed E-state index contributed by atoms with van der Waals surface area (Å²) in [7, 11) is 3.61. The average Bonchev–Trinajstić information content (AvgIpc) is 3.32. The lowest BCUT2D eigenvalue weighted by Crippen LogP contribution is -2.41. The first-order valence-electron chi connectivity index (χ1n) is 8.74. The van der Waals surface area contributed by atoms with Crippen molar-refractivity contribution in [1.29, 1.82) is 0 Å². The Morgan fingerprint density at radius 2 is 2.04 bits per heavy atom. The molecule has 0 aliphatic heterocycles. The topological polar surface area (TPSA) is 68.0 Å². The van der Waals surface area contributed by atoms with E-state index in [1.54, 1.807) is 42.8 Å². The highest BCUT2D eigenvalue weighted by Crippen LogP contribution is 2.21. The maximum Gasteiger partial charge on any atom is 0.317 e. The number of carbonyl (C=O) groups is 1. The van der Waals surface area contributed by atoms with Crippen molar-refractivity contribution in [2.45, 2.75) is 19.0 Å². The maximum absolute atomic E-state index is 13.3. The van der Waals surface area contributed by atoms with Crippen molar-refractivity contribution in [3.63, 3.8) is 0 Å². The predicted octanol–water partition coefficient (Wildman–Crippen LogP) is 2.58. The van der Waals surface area contributed by atoms with Crippen LogP contribution in [0.1, 0.15) is 23.9 Å². The second-order valence-corrected chi connectivity index (χ2v) is 6.41. The lowest BCUT2D eigenvalue weighted by Gasteiger charge is -2.24. The van der Waals surface area contributed by atoms with E-state index >= 15 is 0 Å². The molecule has 0 spiro atoms. The van der Waals surface area contributed by atoms with Gasteiger partial charge in [-0.2, -0.15) is 0 Å². The molecular weight excluding hydrogens is 347 g/mol. The standard InChI is InChI=1S/C19H23FN6O/c1-24-12-9-22-18(24)17(15-4-6-16(20)7-5-15)23-19(27)25(2)10-3-11-26-13-8-21-14-26/h4-9,12-14,17H,3,10-11H2,1-2H3,(H,23,27). The van der Waals surface area contributed by atoms with Crippen LogP contribution in [0.25, 0.3) is 0 Å². The smallest absolute Gasteiger partial charge is 0.317 e. The molecule has 0 aliphatic carbocycles. The zero-order valence-electron chi connectivity index (χ0n) is 15.4. The van der Waals surface area contributed by atoms with Crippen molar-refractivity contribution in [3.8, 4) is 0 Å². The SMILES string of the molecule is CN(CCCn1ccnc1)C(=O)NC(c1ccc(F)cc1)c1nccn1C. The molecule has 0 bridgehead atoms. The lowest BCUT2D eigenvalue weighted by atomic mass is 10.1. The van der Waals surface area contributed by atoms with E-state index in [0.29, 0.717) is 12.4 Å². The van der Waals surface area contributed by atoms with Crippen LogP contribution >= 0.6 is 0 Å². The first-order valence-corrected chi connectivity index (χ1v) is 8.74. The predicted molar refractivity (Wildman–Crippen MR) is 99.5 cm³/mol. The minimum absolute atomic E-state index is 0.210. The molecule has 2 amide bonds. The molecule has 27 heavy (non-hydrogen) atoms. The van der Waals surface area contributed by atoms with Gasteiger partial charge in [0.1, 0.15) is 17.7 Å². The number of hydrogen-bond donors (Lipinski definition) is 1. The molecule has 7 nitrogen and oxygen atoms in total. The highest BCUT2D eigenvalue weighted by molar-refractivity contribution is 5.74. The van der Waals surface area contributed by atoms with Crippen molar-refractivity contribution >= 4 is 6.03 Å². The third-order valence-corrected chi connectivity index (χ3v) is 4.40. The number of amides is 2. The normalized spacial score (nSPS) is 12.0. The van der Waals surface area contributed by atoms with Gasteiger partial charge in [-0.05, 0) is 24.1 Å². The van der Waals surface area contributed by atoms with Gasteiger partial charge >= 0.3 is 6.03 Å². The van der Waals surface area contributed by atoms with E-state index < -0.39 is 6.04 Å². The van der Waals surface area contributed by atoms with Gasteiger partial charge in [0.2, 0.25) is 0 Å². The van der Waals surface area contributed by atoms with Crippen LogP contribution in [0.2, 0.25) is 0 Å². The summed E-state index contributed by atoms with van der Waals surface area (Å²) < 4.78 is 17.1. The number of aryl methyl sites for hydroxylation is 2. The van der Waals surface area contributed by atoms with Crippen LogP contribution in [-0.4, -0.2) is 43.6 Å². The maximum atomic E-state index is 13.3. The van der Waals surface area contributed by atoms with E-state index in [1.165, 1.54) is 12.1 Å². The second kappa shape index (κ2) is 8.48. The summed E-state index contributed by atoms with van der Waals surface area (Å²) in [6, 6.07) is 5.41. The Morgan fingerprint density at radius 1 is 1.26 bits per heavy atom. The number of urea groups is 1. The summed E-state index contributed by atoms with van der Waals surface area (Å²) >= 11 is 0. The molecule has 3 aromatic rings. The van der Waals surface area contributed by atoms with Gasteiger partial charge in [0, 0.05) is 52.0 Å². The van der Waals surface area contributed by atoms with Crippen molar-refractivity contribution < 1.29 is 9.18 Å². The number of aromatic nitrogens is 4. The van der Waals surface area contributed by atoms with Crippen LogP contribution in [-0.2, 0) is 13.6 Å². The Kier molecular flexibility index (Phi) is 5.85. The second-order valence-electron chi connectivity index (χ2n) is 6.41. The summed E-state index contributed by atoms with van der Waals surface area (Å²) in [5, 5.41) is 3.00. The lowest BCUT2D eigenvalue weighted by molar-refractivity contribution is 0.204. The van der Waals surface area contributed by atoms with Crippen molar-refractivity contribution in [2.24, 2.45) is 7.05 Å². The Morgan fingerprint density at radius 3 is 2.67 bits per heavy atom. The van der Waals surface area contributed by atoms with Gasteiger partial charge in [-0.1, -0.05) is 12.1 Å². The molecule has 1 N–H and O–H groups in total. The van der Waals surface area contributed by atoms with E-state index in [2.05, 4.69) is 15.3 Å². The van der Waals surface area contributed by atoms with Gasteiger partial charge in [-0.25, -0.2) is 19.2 Å². The molecule has 0 radical (unpaired) electrons. The number of carbonyl (C=O) groups excluding carboxylic acids is 1. The fraction of sp³-hybridized carbons (Fsp3) is 0.316. The minimum atomic E-state index is -0.464. The van der Waals surface area contributed by atoms with Crippen LogP contribution in [0.4, 0.5) is 9.18 Å². The van der Waals surface area contributed by atoms with Crippen LogP contribution in [0, 0.1) is 5.82 Å². The van der Waals surface area contributed by atoms with Gasteiger partial charge < -0.3 is 19.4 Å². The summed E-state index contributed by atoms with van der Waals surface area (Å²) in [6.07, 6.45) is 9.68. The van der Waals surface area contributed by atoms with Crippen LogP contribution < -0.4 is 5.32 Å². The molecule has 3 rings (SSSR count). The molecule has 142 valence electrons. The number of halogens is 1. The molecule has 1 atom stereocenters. The van der Waals surface area contributed by atoms with Crippen molar-refractivity contribution in [3.05, 3.63) is 72.6 Å². The molecule has 2 heterocycles. The third-order valence-electron chi connectivity index (χ3n) is 4.40. The van der Waals surface area contributed by atoms with Gasteiger partial charge in [0.05, 0.1) is 6.33 Å². The van der Waals surface area contributed by atoms with E-state index in [9.17, 15) is 9.18 Å². The molecule has 1 unspecified atom stereocenters. The van der Waals surface area contributed by atoms with Gasteiger partial charge in [0.25, 0.3) is 0 Å². The quantitative estimate of drug-likeness (QED) is 0.695. The summed E-state index contributed by atoms with van der Waals surface area (Å²) in [5.74, 6) is 0.363. The van der Waals surface area contributed by atoms with Crippen LogP contribution in [0.15, 0.2) is 55.4 Å². The monoisotopic (exact) mass is 370 g/mol. The van der Waals surface area contributed by atoms with Gasteiger partial charge in [-0.3, -0.25) is 0 Å². The number of hydrogen-bond acceptors (Lipinski definition) is 3.